The van der Waals surface area contributed by atoms with Gasteiger partial charge in [-0.2, -0.15) is 10.2 Å². The molecule has 3 heterocycles. The number of rotatable bonds is 8. The molecule has 3 N–H and O–H groups in total. The first-order valence-electron chi connectivity index (χ1n) is 13.7. The number of hydrogen-bond donors (Lipinski definition) is 2. The predicted molar refractivity (Wildman–Crippen MR) is 149 cm³/mol. The van der Waals surface area contributed by atoms with E-state index in [9.17, 15) is 14.7 Å². The molecule has 1 aliphatic carbocycles. The molecule has 3 aromatic rings. The normalized spacial score (nSPS) is 19.1. The Bertz CT molecular complexity index is 1380. The SMILES string of the molecule is CC1(C)OC[C@@H](Cn2ccc(N)n2)O1.CCCC(C)(C(=O)O)n1ncc(Oc2cccc3c2CCCC3)cc1=O. The summed E-state index contributed by atoms with van der Waals surface area (Å²) in [6.07, 6.45) is 8.58. The number of fused-ring (bicyclic) bond motifs is 1. The van der Waals surface area contributed by atoms with E-state index in [4.69, 9.17) is 19.9 Å². The summed E-state index contributed by atoms with van der Waals surface area (Å²) < 4.78 is 19.8. The molecular formula is C29H39N5O6. The second kappa shape index (κ2) is 12.2. The molecule has 2 aromatic heterocycles. The average Bonchev–Trinajstić information content (AvgIpc) is 3.48. The monoisotopic (exact) mass is 553 g/mol. The van der Waals surface area contributed by atoms with Crippen LogP contribution in [-0.2, 0) is 39.2 Å². The van der Waals surface area contributed by atoms with Crippen LogP contribution < -0.4 is 16.0 Å². The zero-order valence-electron chi connectivity index (χ0n) is 23.6. The smallest absolute Gasteiger partial charge is 0.331 e. The molecule has 0 bridgehead atoms. The molecular weight excluding hydrogens is 514 g/mol. The standard InChI is InChI=1S/C20H24N2O4.C9H15N3O2/c1-3-11-20(2,19(24)25)22-18(23)12-15(13-21-22)26-17-10-6-8-14-7-4-5-9-16(14)17;1-9(2)13-6-7(14-9)5-12-4-3-8(10)11-12/h6,8,10,12-13H,3-5,7,9,11H2,1-2H3,(H,24,25);3-4,7H,5-6H2,1-2H3,(H2,10,11)/t;7-/m.1/s1. The molecule has 1 saturated heterocycles. The second-order valence-corrected chi connectivity index (χ2v) is 10.9. The predicted octanol–water partition coefficient (Wildman–Crippen LogP) is 4.13. The summed E-state index contributed by atoms with van der Waals surface area (Å²) in [6.45, 7) is 8.49. The molecule has 11 heteroatoms. The number of nitrogens with zero attached hydrogens (tertiary/aromatic N) is 4. The Morgan fingerprint density at radius 2 is 2.05 bits per heavy atom. The van der Waals surface area contributed by atoms with Gasteiger partial charge in [0.25, 0.3) is 5.56 Å². The van der Waals surface area contributed by atoms with Gasteiger partial charge in [-0.15, -0.1) is 0 Å². The Morgan fingerprint density at radius 1 is 1.27 bits per heavy atom. The highest BCUT2D eigenvalue weighted by atomic mass is 16.7. The molecule has 5 rings (SSSR count). The molecule has 11 nitrogen and oxygen atoms in total. The number of benzene rings is 1. The first-order chi connectivity index (χ1) is 19.0. The van der Waals surface area contributed by atoms with E-state index in [0.717, 1.165) is 29.7 Å². The van der Waals surface area contributed by atoms with Gasteiger partial charge in [-0.05, 0) is 76.1 Å². The van der Waals surface area contributed by atoms with Crippen molar-refractivity contribution in [2.45, 2.75) is 90.2 Å². The van der Waals surface area contributed by atoms with E-state index >= 15 is 0 Å². The molecule has 1 aromatic carbocycles. The van der Waals surface area contributed by atoms with E-state index in [2.05, 4.69) is 16.3 Å². The van der Waals surface area contributed by atoms with Gasteiger partial charge in [-0.25, -0.2) is 9.48 Å². The average molecular weight is 554 g/mol. The molecule has 0 amide bonds. The van der Waals surface area contributed by atoms with Gasteiger partial charge in [0.1, 0.15) is 17.7 Å². The molecule has 0 spiro atoms. The van der Waals surface area contributed by atoms with E-state index in [1.165, 1.54) is 36.7 Å². The first-order valence-corrected chi connectivity index (χ1v) is 13.7. The minimum absolute atomic E-state index is 0.0595. The molecule has 1 unspecified atom stereocenters. The Kier molecular flexibility index (Phi) is 8.95. The maximum Gasteiger partial charge on any atom is 0.331 e. The Balaban J connectivity index is 0.000000222. The largest absolute Gasteiger partial charge is 0.479 e. The maximum absolute atomic E-state index is 12.5. The third-order valence-electron chi connectivity index (χ3n) is 7.14. The molecule has 1 aliphatic heterocycles. The number of hydrogen-bond acceptors (Lipinski definition) is 8. The molecule has 216 valence electrons. The van der Waals surface area contributed by atoms with Crippen molar-refractivity contribution in [2.24, 2.45) is 0 Å². The van der Waals surface area contributed by atoms with Gasteiger partial charge in [0, 0.05) is 12.3 Å². The molecule has 2 atom stereocenters. The van der Waals surface area contributed by atoms with Gasteiger partial charge >= 0.3 is 5.97 Å². The third-order valence-corrected chi connectivity index (χ3v) is 7.14. The Labute approximate surface area is 233 Å². The number of aromatic nitrogens is 4. The van der Waals surface area contributed by atoms with E-state index in [0.29, 0.717) is 37.6 Å². The number of ether oxygens (including phenoxy) is 3. The van der Waals surface area contributed by atoms with Crippen LogP contribution in [0.1, 0.15) is 64.5 Å². The van der Waals surface area contributed by atoms with Gasteiger partial charge < -0.3 is 25.1 Å². The fraction of sp³-hybridized carbons (Fsp3) is 0.517. The highest BCUT2D eigenvalue weighted by molar-refractivity contribution is 5.76. The van der Waals surface area contributed by atoms with Crippen molar-refractivity contribution in [1.82, 2.24) is 19.6 Å². The summed E-state index contributed by atoms with van der Waals surface area (Å²) >= 11 is 0. The summed E-state index contributed by atoms with van der Waals surface area (Å²) in [5.74, 6) is 0.0664. The summed E-state index contributed by atoms with van der Waals surface area (Å²) in [5.41, 5.74) is 6.13. The van der Waals surface area contributed by atoms with E-state index in [1.807, 2.05) is 39.1 Å². The number of anilines is 1. The van der Waals surface area contributed by atoms with Crippen LogP contribution in [0.15, 0.2) is 47.5 Å². The summed E-state index contributed by atoms with van der Waals surface area (Å²) in [5, 5.41) is 17.7. The lowest BCUT2D eigenvalue weighted by atomic mass is 9.91. The van der Waals surface area contributed by atoms with Gasteiger partial charge in [-0.3, -0.25) is 9.48 Å². The summed E-state index contributed by atoms with van der Waals surface area (Å²) in [4.78, 5) is 24.2. The lowest BCUT2D eigenvalue weighted by Crippen LogP contribution is -2.46. The number of aliphatic carboxylic acids is 1. The van der Waals surface area contributed by atoms with Crippen LogP contribution in [0.25, 0.3) is 0 Å². The van der Waals surface area contributed by atoms with Crippen LogP contribution in [-0.4, -0.2) is 49.1 Å². The molecule has 0 saturated carbocycles. The van der Waals surface area contributed by atoms with E-state index in [-0.39, 0.29) is 6.10 Å². The third kappa shape index (κ3) is 6.89. The second-order valence-electron chi connectivity index (χ2n) is 10.9. The van der Waals surface area contributed by atoms with Crippen LogP contribution in [0.4, 0.5) is 5.82 Å². The van der Waals surface area contributed by atoms with Gasteiger partial charge in [0.15, 0.2) is 17.1 Å². The zero-order valence-corrected chi connectivity index (χ0v) is 23.6. The fourth-order valence-electron chi connectivity index (χ4n) is 5.12. The van der Waals surface area contributed by atoms with E-state index < -0.39 is 22.9 Å². The Morgan fingerprint density at radius 3 is 2.67 bits per heavy atom. The van der Waals surface area contributed by atoms with Crippen LogP contribution in [0.2, 0.25) is 0 Å². The lowest BCUT2D eigenvalue weighted by molar-refractivity contribution is -0.148. The van der Waals surface area contributed by atoms with Gasteiger partial charge in [0.05, 0.1) is 19.3 Å². The van der Waals surface area contributed by atoms with E-state index in [1.54, 1.807) is 10.7 Å². The molecule has 40 heavy (non-hydrogen) atoms. The number of nitrogens with two attached hydrogens (primary N) is 1. The van der Waals surface area contributed by atoms with Crippen molar-refractivity contribution in [3.8, 4) is 11.5 Å². The number of carbonyl (C=O) groups is 1. The number of aryl methyl sites for hydroxylation is 1. The van der Waals surface area contributed by atoms with Crippen molar-refractivity contribution in [3.05, 3.63) is 64.2 Å². The van der Waals surface area contributed by atoms with Gasteiger partial charge in [-0.1, -0.05) is 25.5 Å². The van der Waals surface area contributed by atoms with Crippen LogP contribution in [0.3, 0.4) is 0 Å². The lowest BCUT2D eigenvalue weighted by Gasteiger charge is -2.25. The van der Waals surface area contributed by atoms with Crippen molar-refractivity contribution in [2.75, 3.05) is 12.3 Å². The highest BCUT2D eigenvalue weighted by Crippen LogP contribution is 2.32. The minimum atomic E-state index is -1.36. The topological polar surface area (TPSA) is 144 Å². The molecule has 1 fully saturated rings. The van der Waals surface area contributed by atoms with Crippen molar-refractivity contribution in [3.63, 3.8) is 0 Å². The molecule has 2 aliphatic rings. The van der Waals surface area contributed by atoms with Gasteiger partial charge in [0.2, 0.25) is 0 Å². The molecule has 0 radical (unpaired) electrons. The quantitative estimate of drug-likeness (QED) is 0.421. The summed E-state index contributed by atoms with van der Waals surface area (Å²) in [6, 6.07) is 9.04. The maximum atomic E-state index is 12.5. The number of carboxylic acid groups (broad SMARTS) is 1. The van der Waals surface area contributed by atoms with Crippen molar-refractivity contribution in [1.29, 1.82) is 0 Å². The number of nitrogen functional groups attached to an aromatic ring is 1. The number of carboxylic acids is 1. The van der Waals surface area contributed by atoms with Crippen molar-refractivity contribution >= 4 is 11.8 Å². The van der Waals surface area contributed by atoms with Crippen LogP contribution in [0.5, 0.6) is 11.5 Å². The zero-order chi connectivity index (χ0) is 28.9. The van der Waals surface area contributed by atoms with Crippen LogP contribution >= 0.6 is 0 Å². The van der Waals surface area contributed by atoms with Crippen molar-refractivity contribution < 1.29 is 24.1 Å². The Hall–Kier alpha value is -3.70. The van der Waals surface area contributed by atoms with Crippen LogP contribution in [0, 0.1) is 0 Å². The fourth-order valence-corrected chi connectivity index (χ4v) is 5.12. The minimum Gasteiger partial charge on any atom is -0.479 e. The first kappa shape index (κ1) is 29.3. The highest BCUT2D eigenvalue weighted by Gasteiger charge is 2.36. The summed E-state index contributed by atoms with van der Waals surface area (Å²) in [7, 11) is 0.